The monoisotopic (exact) mass is 223 g/mol. The molecule has 78 valence electrons. The van der Waals surface area contributed by atoms with Crippen molar-refractivity contribution in [2.75, 3.05) is 0 Å². The fourth-order valence-electron chi connectivity index (χ4n) is 0.937. The lowest BCUT2D eigenvalue weighted by atomic mass is 10.4. The lowest BCUT2D eigenvalue weighted by Crippen LogP contribution is -1.95. The predicted molar refractivity (Wildman–Crippen MR) is 53.1 cm³/mol. The van der Waals surface area contributed by atoms with Crippen molar-refractivity contribution in [2.24, 2.45) is 7.05 Å². The molecule has 0 saturated heterocycles. The first-order valence-corrected chi connectivity index (χ1v) is 5.05. The van der Waals surface area contributed by atoms with Crippen molar-refractivity contribution in [3.05, 3.63) is 24.3 Å². The topological polar surface area (TPSA) is 76.7 Å². The summed E-state index contributed by atoms with van der Waals surface area (Å²) in [6, 6.07) is 0. The summed E-state index contributed by atoms with van der Waals surface area (Å²) >= 11 is 1.33. The van der Waals surface area contributed by atoms with Crippen molar-refractivity contribution in [3.63, 3.8) is 0 Å². The molecule has 0 aliphatic heterocycles. The molecule has 2 rings (SSSR count). The van der Waals surface area contributed by atoms with Crippen molar-refractivity contribution in [1.82, 2.24) is 24.7 Å². The summed E-state index contributed by atoms with van der Waals surface area (Å²) in [5, 5.41) is 14.1. The van der Waals surface area contributed by atoms with Gasteiger partial charge in [0.2, 0.25) is 0 Å². The molecule has 0 spiro atoms. The Labute approximate surface area is 90.4 Å². The Morgan fingerprint density at radius 1 is 1.33 bits per heavy atom. The van der Waals surface area contributed by atoms with Crippen LogP contribution in [0.3, 0.4) is 0 Å². The zero-order valence-electron chi connectivity index (χ0n) is 8.03. The minimum Gasteiger partial charge on any atom is -0.392 e. The van der Waals surface area contributed by atoms with Crippen molar-refractivity contribution in [1.29, 1.82) is 0 Å². The van der Waals surface area contributed by atoms with Gasteiger partial charge in [-0.05, 0) is 11.8 Å². The number of aliphatic hydroxyl groups excluding tert-OH is 1. The number of aryl methyl sites for hydroxylation is 1. The number of hydrogen-bond acceptors (Lipinski definition) is 6. The maximum absolute atomic E-state index is 8.82. The first-order valence-electron chi connectivity index (χ1n) is 4.23. The van der Waals surface area contributed by atoms with E-state index in [4.69, 9.17) is 5.11 Å². The third kappa shape index (κ3) is 2.31. The molecule has 2 heterocycles. The fourth-order valence-corrected chi connectivity index (χ4v) is 1.59. The maximum atomic E-state index is 8.82. The predicted octanol–water partition coefficient (Wildman–Crippen LogP) is 0.249. The van der Waals surface area contributed by atoms with Crippen LogP contribution < -0.4 is 0 Å². The second kappa shape index (κ2) is 4.37. The van der Waals surface area contributed by atoms with Crippen molar-refractivity contribution >= 4 is 11.8 Å². The zero-order valence-corrected chi connectivity index (χ0v) is 8.85. The lowest BCUT2D eigenvalue weighted by Gasteiger charge is -1.99. The Morgan fingerprint density at radius 3 is 2.60 bits per heavy atom. The Balaban J connectivity index is 2.14. The number of rotatable bonds is 3. The van der Waals surface area contributed by atoms with Crippen LogP contribution >= 0.6 is 11.8 Å². The van der Waals surface area contributed by atoms with E-state index in [0.29, 0.717) is 10.7 Å². The first-order chi connectivity index (χ1) is 7.29. The van der Waals surface area contributed by atoms with Crippen LogP contribution in [0, 0.1) is 0 Å². The van der Waals surface area contributed by atoms with E-state index < -0.39 is 0 Å². The Hall–Kier alpha value is -1.47. The smallest absolute Gasteiger partial charge is 0.195 e. The summed E-state index contributed by atoms with van der Waals surface area (Å²) < 4.78 is 1.65. The summed E-state index contributed by atoms with van der Waals surface area (Å²) in [5.74, 6) is 0. The van der Waals surface area contributed by atoms with Gasteiger partial charge in [-0.2, -0.15) is 5.10 Å². The molecular weight excluding hydrogens is 214 g/mol. The SMILES string of the molecule is Cn1ncnc1Sc1ncc(CO)cn1. The molecule has 0 aliphatic carbocycles. The van der Waals surface area contributed by atoms with Crippen LogP contribution in [0.5, 0.6) is 0 Å². The molecule has 0 radical (unpaired) electrons. The lowest BCUT2D eigenvalue weighted by molar-refractivity contribution is 0.280. The van der Waals surface area contributed by atoms with E-state index in [1.165, 1.54) is 18.1 Å². The minimum absolute atomic E-state index is 0.0467. The van der Waals surface area contributed by atoms with Gasteiger partial charge >= 0.3 is 0 Å². The Bertz CT molecular complexity index is 441. The molecule has 0 saturated carbocycles. The molecule has 6 nitrogen and oxygen atoms in total. The molecule has 0 unspecified atom stereocenters. The highest BCUT2D eigenvalue weighted by Gasteiger charge is 2.05. The van der Waals surface area contributed by atoms with E-state index in [1.54, 1.807) is 24.1 Å². The molecule has 0 bridgehead atoms. The van der Waals surface area contributed by atoms with E-state index in [9.17, 15) is 0 Å². The van der Waals surface area contributed by atoms with Crippen molar-refractivity contribution in [3.8, 4) is 0 Å². The summed E-state index contributed by atoms with van der Waals surface area (Å²) in [7, 11) is 1.80. The van der Waals surface area contributed by atoms with Crippen LogP contribution in [0.2, 0.25) is 0 Å². The van der Waals surface area contributed by atoms with E-state index >= 15 is 0 Å². The van der Waals surface area contributed by atoms with Crippen LogP contribution in [0.25, 0.3) is 0 Å². The molecule has 0 fully saturated rings. The molecule has 0 aromatic carbocycles. The van der Waals surface area contributed by atoms with Gasteiger partial charge in [0.25, 0.3) is 0 Å². The molecule has 1 N–H and O–H groups in total. The summed E-state index contributed by atoms with van der Waals surface area (Å²) in [5.41, 5.74) is 0.692. The van der Waals surface area contributed by atoms with E-state index in [-0.39, 0.29) is 6.61 Å². The second-order valence-electron chi connectivity index (χ2n) is 2.80. The highest BCUT2D eigenvalue weighted by Crippen LogP contribution is 2.20. The van der Waals surface area contributed by atoms with Gasteiger partial charge in [0.1, 0.15) is 6.33 Å². The standard InChI is InChI=1S/C8H9N5OS/c1-13-8(11-5-12-13)15-7-9-2-6(4-14)3-10-7/h2-3,5,14H,4H2,1H3. The van der Waals surface area contributed by atoms with Crippen LogP contribution in [-0.2, 0) is 13.7 Å². The maximum Gasteiger partial charge on any atom is 0.195 e. The first kappa shape index (κ1) is 10.1. The van der Waals surface area contributed by atoms with Gasteiger partial charge in [-0.25, -0.2) is 19.6 Å². The largest absolute Gasteiger partial charge is 0.392 e. The van der Waals surface area contributed by atoms with Gasteiger partial charge in [0.05, 0.1) is 6.61 Å². The highest BCUT2D eigenvalue weighted by molar-refractivity contribution is 7.99. The van der Waals surface area contributed by atoms with Gasteiger partial charge < -0.3 is 5.11 Å². The number of aromatic nitrogens is 5. The van der Waals surface area contributed by atoms with E-state index in [2.05, 4.69) is 20.1 Å². The van der Waals surface area contributed by atoms with Gasteiger partial charge in [-0.15, -0.1) is 0 Å². The van der Waals surface area contributed by atoms with Gasteiger partial charge in [0.15, 0.2) is 10.3 Å². The van der Waals surface area contributed by atoms with Gasteiger partial charge in [0, 0.05) is 25.0 Å². The Kier molecular flexibility index (Phi) is 2.93. The van der Waals surface area contributed by atoms with Crippen molar-refractivity contribution in [2.45, 2.75) is 16.9 Å². The van der Waals surface area contributed by atoms with Crippen LogP contribution in [0.4, 0.5) is 0 Å². The third-order valence-corrected chi connectivity index (χ3v) is 2.66. The average molecular weight is 223 g/mol. The number of hydrogen-bond donors (Lipinski definition) is 1. The van der Waals surface area contributed by atoms with Crippen LogP contribution in [-0.4, -0.2) is 29.8 Å². The van der Waals surface area contributed by atoms with Crippen LogP contribution in [0.15, 0.2) is 29.0 Å². The minimum atomic E-state index is -0.0467. The van der Waals surface area contributed by atoms with Gasteiger partial charge in [-0.1, -0.05) is 0 Å². The van der Waals surface area contributed by atoms with Crippen LogP contribution in [0.1, 0.15) is 5.56 Å². The number of nitrogens with zero attached hydrogens (tertiary/aromatic N) is 5. The zero-order chi connectivity index (χ0) is 10.7. The summed E-state index contributed by atoms with van der Waals surface area (Å²) in [4.78, 5) is 12.2. The summed E-state index contributed by atoms with van der Waals surface area (Å²) in [6.45, 7) is -0.0467. The molecular formula is C8H9N5OS. The summed E-state index contributed by atoms with van der Waals surface area (Å²) in [6.07, 6.45) is 4.65. The normalized spacial score (nSPS) is 10.5. The quantitative estimate of drug-likeness (QED) is 0.751. The molecule has 0 aliphatic rings. The van der Waals surface area contributed by atoms with E-state index in [0.717, 1.165) is 5.16 Å². The third-order valence-electron chi connectivity index (χ3n) is 1.72. The number of aliphatic hydroxyl groups is 1. The molecule has 7 heteroatoms. The molecule has 0 amide bonds. The fraction of sp³-hybridized carbons (Fsp3) is 0.250. The van der Waals surface area contributed by atoms with Gasteiger partial charge in [-0.3, -0.25) is 0 Å². The molecule has 2 aromatic rings. The van der Waals surface area contributed by atoms with Crippen molar-refractivity contribution < 1.29 is 5.11 Å². The molecule has 0 atom stereocenters. The average Bonchev–Trinajstić information content (AvgIpc) is 2.66. The molecule has 2 aromatic heterocycles. The highest BCUT2D eigenvalue weighted by atomic mass is 32.2. The Morgan fingerprint density at radius 2 is 2.07 bits per heavy atom. The van der Waals surface area contributed by atoms with E-state index in [1.807, 2.05) is 0 Å². The second-order valence-corrected chi connectivity index (χ2v) is 3.73. The molecule has 15 heavy (non-hydrogen) atoms.